The van der Waals surface area contributed by atoms with Crippen LogP contribution in [-0.4, -0.2) is 43.5 Å². The van der Waals surface area contributed by atoms with Gasteiger partial charge in [0.2, 0.25) is 0 Å². The second kappa shape index (κ2) is 8.84. The molecule has 1 aliphatic heterocycles. The van der Waals surface area contributed by atoms with Crippen molar-refractivity contribution in [3.63, 3.8) is 0 Å². The molecule has 33 heavy (non-hydrogen) atoms. The van der Waals surface area contributed by atoms with Crippen LogP contribution in [0.3, 0.4) is 0 Å². The van der Waals surface area contributed by atoms with Crippen molar-refractivity contribution < 1.29 is 35.5 Å². The summed E-state index contributed by atoms with van der Waals surface area (Å²) >= 11 is 0. The van der Waals surface area contributed by atoms with Gasteiger partial charge in [0.25, 0.3) is 0 Å². The number of benzene rings is 1. The Morgan fingerprint density at radius 1 is 1.24 bits per heavy atom. The summed E-state index contributed by atoms with van der Waals surface area (Å²) in [5.41, 5.74) is 1.48. The number of anilines is 2. The van der Waals surface area contributed by atoms with Crippen LogP contribution in [0, 0.1) is 5.82 Å². The predicted molar refractivity (Wildman–Crippen MR) is 110 cm³/mol. The maximum absolute atomic E-state index is 14.8. The number of hydrogen-bond donors (Lipinski definition) is 3. The zero-order valence-corrected chi connectivity index (χ0v) is 18.2. The molecule has 1 fully saturated rings. The Balaban J connectivity index is 1.31. The van der Waals surface area contributed by atoms with Crippen molar-refractivity contribution in [3.8, 4) is 0 Å². The van der Waals surface area contributed by atoms with E-state index in [0.717, 1.165) is 5.69 Å². The van der Waals surface area contributed by atoms with E-state index in [2.05, 4.69) is 20.8 Å². The van der Waals surface area contributed by atoms with Gasteiger partial charge in [-0.3, -0.25) is 5.10 Å². The first-order chi connectivity index (χ1) is 15.5. The van der Waals surface area contributed by atoms with Crippen molar-refractivity contribution >= 4 is 27.4 Å². The Labute approximate surface area is 187 Å². The van der Waals surface area contributed by atoms with E-state index in [1.165, 1.54) is 6.07 Å². The van der Waals surface area contributed by atoms with Gasteiger partial charge in [0.15, 0.2) is 21.5 Å². The van der Waals surface area contributed by atoms with Crippen molar-refractivity contribution in [1.82, 2.24) is 15.5 Å². The van der Waals surface area contributed by atoms with Gasteiger partial charge in [0.05, 0.1) is 23.6 Å². The molecule has 8 nitrogen and oxygen atoms in total. The standard InChI is InChI=1S/C20H22F4N4O4S/c21-18-14-10-33(30,31)9-12(14)2-4-15(18)26-17-8-16(27-28-17)11-1-3-13(7-11)32-19(29)25-6-5-20(22,23)24/h2,4,8,11,13H,1,3,5-7,9-10H2,(H,25,29)(H2,26,27,28)/t11-,13+/m1/s1. The molecule has 1 aliphatic carbocycles. The number of amides is 1. The van der Waals surface area contributed by atoms with Crippen LogP contribution in [0.15, 0.2) is 18.2 Å². The molecule has 1 aromatic carbocycles. The molecule has 4 rings (SSSR count). The van der Waals surface area contributed by atoms with Crippen LogP contribution in [-0.2, 0) is 26.1 Å². The Morgan fingerprint density at radius 3 is 2.79 bits per heavy atom. The minimum atomic E-state index is -4.35. The number of aromatic nitrogens is 2. The highest BCUT2D eigenvalue weighted by Gasteiger charge is 2.32. The predicted octanol–water partition coefficient (Wildman–Crippen LogP) is 4.04. The summed E-state index contributed by atoms with van der Waals surface area (Å²) in [6.45, 7) is -0.542. The SMILES string of the molecule is O=C(NCCC(F)(F)F)O[C@H]1CC[C@@H](c2cc(Nc3ccc4c(c3F)CS(=O)(=O)C4)n[nH]2)C1. The number of halogens is 4. The fourth-order valence-corrected chi connectivity index (χ4v) is 5.73. The summed E-state index contributed by atoms with van der Waals surface area (Å²) in [6.07, 6.45) is -5.10. The molecule has 1 saturated carbocycles. The lowest BCUT2D eigenvalue weighted by molar-refractivity contribution is -0.133. The quantitative estimate of drug-likeness (QED) is 0.527. The molecule has 13 heteroatoms. The van der Waals surface area contributed by atoms with Gasteiger partial charge >= 0.3 is 12.3 Å². The highest BCUT2D eigenvalue weighted by molar-refractivity contribution is 7.90. The first kappa shape index (κ1) is 23.3. The summed E-state index contributed by atoms with van der Waals surface area (Å²) < 4.78 is 79.9. The molecular weight excluding hydrogens is 468 g/mol. The van der Waals surface area contributed by atoms with E-state index >= 15 is 0 Å². The van der Waals surface area contributed by atoms with Crippen LogP contribution in [0.5, 0.6) is 0 Å². The average Bonchev–Trinajstić information content (AvgIpc) is 3.41. The zero-order chi connectivity index (χ0) is 23.8. The van der Waals surface area contributed by atoms with E-state index in [1.807, 2.05) is 0 Å². The second-order valence-corrected chi connectivity index (χ2v) is 10.3. The normalized spacial score (nSPS) is 21.6. The number of rotatable bonds is 6. The summed E-state index contributed by atoms with van der Waals surface area (Å²) in [4.78, 5) is 11.7. The average molecular weight is 490 g/mol. The van der Waals surface area contributed by atoms with Crippen LogP contribution in [0.4, 0.5) is 33.9 Å². The number of nitrogens with zero attached hydrogens (tertiary/aromatic N) is 1. The molecule has 2 aliphatic rings. The fourth-order valence-electron chi connectivity index (χ4n) is 4.13. The molecule has 0 spiro atoms. The molecule has 3 N–H and O–H groups in total. The van der Waals surface area contributed by atoms with Gasteiger partial charge in [-0.2, -0.15) is 18.3 Å². The summed E-state index contributed by atoms with van der Waals surface area (Å²) in [5.74, 6) is -0.792. The number of ether oxygens (including phenoxy) is 1. The molecular formula is C20H22F4N4O4S. The Morgan fingerprint density at radius 2 is 2.03 bits per heavy atom. The van der Waals surface area contributed by atoms with Crippen LogP contribution >= 0.6 is 0 Å². The Bertz CT molecular complexity index is 1150. The molecule has 0 radical (unpaired) electrons. The maximum Gasteiger partial charge on any atom is 0.407 e. The van der Waals surface area contributed by atoms with Gasteiger partial charge < -0.3 is 15.4 Å². The van der Waals surface area contributed by atoms with Gasteiger partial charge in [0, 0.05) is 29.8 Å². The number of alkyl halides is 3. The number of carbonyl (C=O) groups is 1. The third kappa shape index (κ3) is 5.75. The maximum atomic E-state index is 14.8. The number of hydrogen-bond acceptors (Lipinski definition) is 6. The third-order valence-corrected chi connectivity index (χ3v) is 7.20. The Hall–Kier alpha value is -2.83. The lowest BCUT2D eigenvalue weighted by atomic mass is 10.0. The van der Waals surface area contributed by atoms with Crippen molar-refractivity contribution in [2.45, 2.75) is 55.4 Å². The van der Waals surface area contributed by atoms with E-state index in [-0.39, 0.29) is 28.7 Å². The Kier molecular flexibility index (Phi) is 6.25. The molecule has 1 aromatic heterocycles. The molecule has 0 unspecified atom stereocenters. The fraction of sp³-hybridized carbons (Fsp3) is 0.500. The number of alkyl carbamates (subject to hydrolysis) is 1. The minimum absolute atomic E-state index is 0.0176. The highest BCUT2D eigenvalue weighted by Crippen LogP contribution is 2.37. The van der Waals surface area contributed by atoms with Crippen molar-refractivity contribution in [3.05, 3.63) is 40.8 Å². The summed E-state index contributed by atoms with van der Waals surface area (Å²) in [7, 11) is -3.33. The van der Waals surface area contributed by atoms with E-state index in [4.69, 9.17) is 4.74 Å². The smallest absolute Gasteiger partial charge is 0.407 e. The minimum Gasteiger partial charge on any atom is -0.446 e. The lowest BCUT2D eigenvalue weighted by Gasteiger charge is -2.13. The van der Waals surface area contributed by atoms with Gasteiger partial charge in [-0.1, -0.05) is 6.07 Å². The molecule has 2 atom stereocenters. The highest BCUT2D eigenvalue weighted by atomic mass is 32.2. The van der Waals surface area contributed by atoms with Crippen LogP contribution in [0.25, 0.3) is 0 Å². The number of aromatic amines is 1. The molecule has 1 amide bonds. The summed E-state index contributed by atoms with van der Waals surface area (Å²) in [5, 5.41) is 11.9. The molecule has 2 heterocycles. The number of carbonyl (C=O) groups excluding carboxylic acids is 1. The van der Waals surface area contributed by atoms with Crippen molar-refractivity contribution in [2.75, 3.05) is 11.9 Å². The first-order valence-electron chi connectivity index (χ1n) is 10.3. The summed E-state index contributed by atoms with van der Waals surface area (Å²) in [6, 6.07) is 4.75. The van der Waals surface area contributed by atoms with Gasteiger partial charge in [-0.25, -0.2) is 17.6 Å². The first-order valence-corrected chi connectivity index (χ1v) is 12.2. The van der Waals surface area contributed by atoms with Crippen molar-refractivity contribution in [1.29, 1.82) is 0 Å². The zero-order valence-electron chi connectivity index (χ0n) is 17.3. The lowest BCUT2D eigenvalue weighted by Crippen LogP contribution is -2.31. The molecule has 0 saturated heterocycles. The number of H-pyrrole nitrogens is 1. The third-order valence-electron chi connectivity index (χ3n) is 5.72. The van der Waals surface area contributed by atoms with E-state index in [9.17, 15) is 30.8 Å². The van der Waals surface area contributed by atoms with Gasteiger partial charge in [-0.15, -0.1) is 0 Å². The van der Waals surface area contributed by atoms with E-state index in [0.29, 0.717) is 30.6 Å². The van der Waals surface area contributed by atoms with Crippen molar-refractivity contribution in [2.24, 2.45) is 0 Å². The molecule has 180 valence electrons. The van der Waals surface area contributed by atoms with Crippen LogP contribution in [0.2, 0.25) is 0 Å². The molecule has 0 bridgehead atoms. The second-order valence-electron chi connectivity index (χ2n) is 8.26. The monoisotopic (exact) mass is 490 g/mol. The van der Waals surface area contributed by atoms with Gasteiger partial charge in [0.1, 0.15) is 6.10 Å². The van der Waals surface area contributed by atoms with E-state index < -0.39 is 47.0 Å². The number of sulfone groups is 1. The van der Waals surface area contributed by atoms with Crippen LogP contribution < -0.4 is 10.6 Å². The topological polar surface area (TPSA) is 113 Å². The largest absolute Gasteiger partial charge is 0.446 e. The molecule has 2 aromatic rings. The number of nitrogens with one attached hydrogen (secondary N) is 3. The van der Waals surface area contributed by atoms with E-state index in [1.54, 1.807) is 12.1 Å². The van der Waals surface area contributed by atoms with Gasteiger partial charge in [-0.05, 0) is 30.9 Å². The van der Waals surface area contributed by atoms with Crippen LogP contribution in [0.1, 0.15) is 48.4 Å². The number of fused-ring (bicyclic) bond motifs is 1.